The van der Waals surface area contributed by atoms with Gasteiger partial charge < -0.3 is 15.3 Å². The van der Waals surface area contributed by atoms with Crippen LogP contribution < -0.4 is 5.32 Å². The third-order valence-corrected chi connectivity index (χ3v) is 3.31. The first-order chi connectivity index (χ1) is 9.93. The van der Waals surface area contributed by atoms with Crippen molar-refractivity contribution in [2.45, 2.75) is 6.42 Å². The van der Waals surface area contributed by atoms with Crippen LogP contribution in [-0.2, 0) is 9.59 Å². The third-order valence-electron chi connectivity index (χ3n) is 3.31. The third kappa shape index (κ3) is 3.15. The molecule has 0 aromatic heterocycles. The molecule has 0 bridgehead atoms. The topological polar surface area (TPSA) is 69.6 Å². The van der Waals surface area contributed by atoms with Crippen molar-refractivity contribution in [1.82, 2.24) is 4.90 Å². The summed E-state index contributed by atoms with van der Waals surface area (Å²) < 4.78 is 39.2. The average Bonchev–Trinajstić information content (AvgIpc) is 2.96. The van der Waals surface area contributed by atoms with E-state index in [0.717, 1.165) is 6.07 Å². The molecule has 1 aliphatic heterocycles. The van der Waals surface area contributed by atoms with Crippen molar-refractivity contribution < 1.29 is 27.9 Å². The Morgan fingerprint density at radius 2 is 2.00 bits per heavy atom. The summed E-state index contributed by atoms with van der Waals surface area (Å²) in [6.45, 7) is 0.434. The molecule has 2 amide bonds. The van der Waals surface area contributed by atoms with Crippen LogP contribution in [0.25, 0.3) is 0 Å². The van der Waals surface area contributed by atoms with Crippen LogP contribution in [0.4, 0.5) is 18.9 Å². The van der Waals surface area contributed by atoms with E-state index in [1.54, 1.807) is 0 Å². The number of carbonyl (C=O) groups is 2. The second-order valence-corrected chi connectivity index (χ2v) is 4.77. The summed E-state index contributed by atoms with van der Waals surface area (Å²) in [6, 6.07) is 1.48. The van der Waals surface area contributed by atoms with Crippen molar-refractivity contribution in [2.24, 2.45) is 5.92 Å². The van der Waals surface area contributed by atoms with Crippen LogP contribution in [0.3, 0.4) is 0 Å². The molecule has 21 heavy (non-hydrogen) atoms. The lowest BCUT2D eigenvalue weighted by atomic mass is 10.1. The van der Waals surface area contributed by atoms with Gasteiger partial charge in [-0.25, -0.2) is 13.2 Å². The number of hydrogen-bond donors (Lipinski definition) is 2. The standard InChI is InChI=1S/C13H13F3N2O3/c14-8-1-2-9(11(16)10(8)15)17-12(20)13(21)18-4-3-7(5-18)6-19/h1-2,7,19H,3-6H2,(H,17,20). The zero-order valence-electron chi connectivity index (χ0n) is 10.9. The van der Waals surface area contributed by atoms with Crippen LogP contribution in [0.5, 0.6) is 0 Å². The molecule has 1 aromatic rings. The molecule has 1 saturated heterocycles. The number of rotatable bonds is 2. The summed E-state index contributed by atoms with van der Waals surface area (Å²) in [6.07, 6.45) is 0.565. The van der Waals surface area contributed by atoms with Gasteiger partial charge in [0, 0.05) is 25.6 Å². The van der Waals surface area contributed by atoms with E-state index in [1.165, 1.54) is 4.90 Å². The second kappa shape index (κ2) is 6.13. The van der Waals surface area contributed by atoms with E-state index < -0.39 is 35.0 Å². The Balaban J connectivity index is 2.05. The Morgan fingerprint density at radius 3 is 2.62 bits per heavy atom. The lowest BCUT2D eigenvalue weighted by Gasteiger charge is -2.15. The number of amides is 2. The monoisotopic (exact) mass is 302 g/mol. The van der Waals surface area contributed by atoms with E-state index >= 15 is 0 Å². The minimum Gasteiger partial charge on any atom is -0.396 e. The highest BCUT2D eigenvalue weighted by molar-refractivity contribution is 6.39. The van der Waals surface area contributed by atoms with E-state index in [4.69, 9.17) is 5.11 Å². The van der Waals surface area contributed by atoms with Crippen LogP contribution in [0.2, 0.25) is 0 Å². The fourth-order valence-electron chi connectivity index (χ4n) is 2.11. The highest BCUT2D eigenvalue weighted by atomic mass is 19.2. The summed E-state index contributed by atoms with van der Waals surface area (Å²) in [4.78, 5) is 24.7. The fraction of sp³-hybridized carbons (Fsp3) is 0.385. The van der Waals surface area contributed by atoms with Crippen molar-refractivity contribution in [1.29, 1.82) is 0 Å². The molecule has 0 saturated carbocycles. The number of anilines is 1. The molecule has 114 valence electrons. The molecule has 1 aliphatic rings. The van der Waals surface area contributed by atoms with Gasteiger partial charge in [0.05, 0.1) is 5.69 Å². The summed E-state index contributed by atoms with van der Waals surface area (Å²) in [5.74, 6) is -6.81. The van der Waals surface area contributed by atoms with Crippen LogP contribution in [0, 0.1) is 23.4 Å². The van der Waals surface area contributed by atoms with Gasteiger partial charge in [-0.1, -0.05) is 0 Å². The molecule has 5 nitrogen and oxygen atoms in total. The Kier molecular flexibility index (Phi) is 4.46. The number of halogens is 3. The quantitative estimate of drug-likeness (QED) is 0.629. The zero-order valence-corrected chi connectivity index (χ0v) is 10.9. The molecule has 2 N–H and O–H groups in total. The minimum absolute atomic E-state index is 0.0940. The summed E-state index contributed by atoms with van der Waals surface area (Å²) in [7, 11) is 0. The Bertz CT molecular complexity index is 580. The van der Waals surface area contributed by atoms with Gasteiger partial charge in [-0.05, 0) is 18.6 Å². The van der Waals surface area contributed by atoms with Gasteiger partial charge >= 0.3 is 11.8 Å². The van der Waals surface area contributed by atoms with Crippen molar-refractivity contribution in [3.05, 3.63) is 29.6 Å². The maximum absolute atomic E-state index is 13.4. The summed E-state index contributed by atoms with van der Waals surface area (Å²) >= 11 is 0. The van der Waals surface area contributed by atoms with E-state index in [0.29, 0.717) is 19.0 Å². The number of benzene rings is 1. The minimum atomic E-state index is -1.72. The lowest BCUT2D eigenvalue weighted by molar-refractivity contribution is -0.142. The number of likely N-dealkylation sites (tertiary alicyclic amines) is 1. The first-order valence-corrected chi connectivity index (χ1v) is 6.28. The molecule has 1 unspecified atom stereocenters. The molecular weight excluding hydrogens is 289 g/mol. The molecule has 1 heterocycles. The largest absolute Gasteiger partial charge is 0.396 e. The molecular formula is C13H13F3N2O3. The van der Waals surface area contributed by atoms with Crippen LogP contribution in [0.1, 0.15) is 6.42 Å². The SMILES string of the molecule is O=C(Nc1ccc(F)c(F)c1F)C(=O)N1CCC(CO)C1. The molecule has 8 heteroatoms. The van der Waals surface area contributed by atoms with Crippen molar-refractivity contribution >= 4 is 17.5 Å². The van der Waals surface area contributed by atoms with Crippen LogP contribution >= 0.6 is 0 Å². The maximum Gasteiger partial charge on any atom is 0.313 e. The van der Waals surface area contributed by atoms with Crippen molar-refractivity contribution in [3.63, 3.8) is 0 Å². The molecule has 1 atom stereocenters. The molecule has 1 fully saturated rings. The van der Waals surface area contributed by atoms with E-state index in [2.05, 4.69) is 0 Å². The van der Waals surface area contributed by atoms with E-state index in [1.807, 2.05) is 5.32 Å². The average molecular weight is 302 g/mol. The van der Waals surface area contributed by atoms with E-state index in [-0.39, 0.29) is 19.1 Å². The van der Waals surface area contributed by atoms with Crippen molar-refractivity contribution in [3.8, 4) is 0 Å². The van der Waals surface area contributed by atoms with Gasteiger partial charge in [-0.2, -0.15) is 0 Å². The normalized spacial score (nSPS) is 17.9. The maximum atomic E-state index is 13.4. The number of nitrogens with one attached hydrogen (secondary N) is 1. The number of nitrogens with zero attached hydrogens (tertiary/aromatic N) is 1. The number of carbonyl (C=O) groups excluding carboxylic acids is 2. The van der Waals surface area contributed by atoms with Gasteiger partial charge in [0.1, 0.15) is 0 Å². The lowest BCUT2D eigenvalue weighted by Crippen LogP contribution is -2.38. The first-order valence-electron chi connectivity index (χ1n) is 6.28. The van der Waals surface area contributed by atoms with Gasteiger partial charge in [-0.3, -0.25) is 9.59 Å². The molecule has 0 spiro atoms. The van der Waals surface area contributed by atoms with E-state index in [9.17, 15) is 22.8 Å². The fourth-order valence-corrected chi connectivity index (χ4v) is 2.11. The van der Waals surface area contributed by atoms with Gasteiger partial charge in [0.2, 0.25) is 0 Å². The van der Waals surface area contributed by atoms with Crippen LogP contribution in [-0.4, -0.2) is 41.5 Å². The predicted molar refractivity (Wildman–Crippen MR) is 66.7 cm³/mol. The highest BCUT2D eigenvalue weighted by Crippen LogP contribution is 2.20. The number of aliphatic hydroxyl groups is 1. The summed E-state index contributed by atoms with van der Waals surface area (Å²) in [5, 5.41) is 10.9. The molecule has 2 rings (SSSR count). The zero-order chi connectivity index (χ0) is 15.6. The van der Waals surface area contributed by atoms with Gasteiger partial charge in [0.15, 0.2) is 17.5 Å². The molecule has 0 radical (unpaired) electrons. The number of aliphatic hydroxyl groups excluding tert-OH is 1. The summed E-state index contributed by atoms with van der Waals surface area (Å²) in [5.41, 5.74) is -0.606. The highest BCUT2D eigenvalue weighted by Gasteiger charge is 2.30. The predicted octanol–water partition coefficient (Wildman–Crippen LogP) is 0.883. The Morgan fingerprint density at radius 1 is 1.29 bits per heavy atom. The number of hydrogen-bond acceptors (Lipinski definition) is 3. The Labute approximate surface area is 118 Å². The van der Waals surface area contributed by atoms with Crippen molar-refractivity contribution in [2.75, 3.05) is 25.0 Å². The van der Waals surface area contributed by atoms with Gasteiger partial charge in [0.25, 0.3) is 0 Å². The van der Waals surface area contributed by atoms with Crippen LogP contribution in [0.15, 0.2) is 12.1 Å². The first kappa shape index (κ1) is 15.3. The Hall–Kier alpha value is -2.09. The van der Waals surface area contributed by atoms with Gasteiger partial charge in [-0.15, -0.1) is 0 Å². The smallest absolute Gasteiger partial charge is 0.313 e. The second-order valence-electron chi connectivity index (χ2n) is 4.77. The molecule has 1 aromatic carbocycles. The molecule has 0 aliphatic carbocycles.